The van der Waals surface area contributed by atoms with Crippen LogP contribution >= 0.6 is 0 Å². The van der Waals surface area contributed by atoms with E-state index in [1.165, 1.54) is 9.87 Å². The van der Waals surface area contributed by atoms with Gasteiger partial charge in [-0.3, -0.25) is 9.69 Å². The summed E-state index contributed by atoms with van der Waals surface area (Å²) in [7, 11) is -3.55. The van der Waals surface area contributed by atoms with E-state index in [-0.39, 0.29) is 18.6 Å². The molecule has 2 aromatic rings. The smallest absolute Gasteiger partial charge is 0.243 e. The first-order valence-electron chi connectivity index (χ1n) is 12.2. The number of piperazine rings is 1. The number of fused-ring (bicyclic) bond motifs is 1. The minimum atomic E-state index is -3.55. The van der Waals surface area contributed by atoms with Gasteiger partial charge in [0.2, 0.25) is 15.9 Å². The number of sulfonamides is 1. The molecule has 1 unspecified atom stereocenters. The summed E-state index contributed by atoms with van der Waals surface area (Å²) in [6, 6.07) is 9.29. The Morgan fingerprint density at radius 2 is 1.88 bits per heavy atom. The van der Waals surface area contributed by atoms with E-state index in [1.54, 1.807) is 17.2 Å². The van der Waals surface area contributed by atoms with Gasteiger partial charge in [0.25, 0.3) is 0 Å². The van der Waals surface area contributed by atoms with Gasteiger partial charge in [-0.15, -0.1) is 0 Å². The highest BCUT2D eigenvalue weighted by atomic mass is 32.2. The first-order valence-corrected chi connectivity index (χ1v) is 13.7. The largest absolute Gasteiger partial charge is 0.468 e. The molecule has 1 aliphatic carbocycles. The number of hydrogen-bond acceptors (Lipinski definition) is 6. The van der Waals surface area contributed by atoms with Gasteiger partial charge in [0.1, 0.15) is 5.76 Å². The quantitative estimate of drug-likeness (QED) is 0.568. The summed E-state index contributed by atoms with van der Waals surface area (Å²) < 4.78 is 39.2. The van der Waals surface area contributed by atoms with Crippen molar-refractivity contribution in [3.63, 3.8) is 0 Å². The summed E-state index contributed by atoms with van der Waals surface area (Å²) in [6.07, 6.45) is 6.89. The van der Waals surface area contributed by atoms with Gasteiger partial charge >= 0.3 is 0 Å². The van der Waals surface area contributed by atoms with E-state index >= 15 is 0 Å². The van der Waals surface area contributed by atoms with E-state index < -0.39 is 10.0 Å². The molecule has 3 heterocycles. The molecule has 184 valence electrons. The van der Waals surface area contributed by atoms with E-state index in [4.69, 9.17) is 9.15 Å². The molecule has 34 heavy (non-hydrogen) atoms. The van der Waals surface area contributed by atoms with Crippen LogP contribution in [0.5, 0.6) is 0 Å². The Hall–Kier alpha value is -2.20. The molecule has 1 atom stereocenters. The first-order chi connectivity index (χ1) is 16.5. The van der Waals surface area contributed by atoms with Crippen molar-refractivity contribution in [2.45, 2.75) is 49.6 Å². The molecule has 1 aromatic carbocycles. The third kappa shape index (κ3) is 5.22. The number of rotatable bonds is 8. The Morgan fingerprint density at radius 1 is 1.06 bits per heavy atom. The Kier molecular flexibility index (Phi) is 7.06. The first kappa shape index (κ1) is 23.5. The Morgan fingerprint density at radius 3 is 2.62 bits per heavy atom. The minimum absolute atomic E-state index is 0.0131. The molecule has 9 heteroatoms. The monoisotopic (exact) mass is 487 g/mol. The second-order valence-corrected chi connectivity index (χ2v) is 11.4. The molecule has 1 amide bonds. The number of nitrogens with zero attached hydrogens (tertiary/aromatic N) is 3. The molecule has 0 spiro atoms. The van der Waals surface area contributed by atoms with Crippen molar-refractivity contribution in [2.75, 3.05) is 45.9 Å². The number of furan rings is 1. The van der Waals surface area contributed by atoms with Crippen LogP contribution in [0, 0.1) is 0 Å². The lowest BCUT2D eigenvalue weighted by atomic mass is 10.1. The van der Waals surface area contributed by atoms with Crippen molar-refractivity contribution in [3.05, 3.63) is 53.5 Å². The number of carbonyl (C=O) groups excluding carboxylic acids is 1. The highest BCUT2D eigenvalue weighted by molar-refractivity contribution is 7.89. The molecule has 1 aromatic heterocycles. The zero-order valence-corrected chi connectivity index (χ0v) is 20.3. The number of benzene rings is 1. The number of aryl methyl sites for hydroxylation is 2. The van der Waals surface area contributed by atoms with Crippen molar-refractivity contribution in [3.8, 4) is 0 Å². The van der Waals surface area contributed by atoms with Crippen molar-refractivity contribution >= 4 is 15.9 Å². The summed E-state index contributed by atoms with van der Waals surface area (Å²) in [5.41, 5.74) is 2.41. The van der Waals surface area contributed by atoms with Crippen LogP contribution in [0.15, 0.2) is 45.9 Å². The zero-order chi connectivity index (χ0) is 23.5. The average Bonchev–Trinajstić information content (AvgIpc) is 3.62. The van der Waals surface area contributed by atoms with Crippen LogP contribution in [0.25, 0.3) is 0 Å². The Labute approximate surface area is 201 Å². The molecule has 0 N–H and O–H groups in total. The van der Waals surface area contributed by atoms with Gasteiger partial charge in [-0.25, -0.2) is 8.42 Å². The van der Waals surface area contributed by atoms with E-state index in [1.807, 2.05) is 24.3 Å². The maximum atomic E-state index is 13.2. The predicted molar refractivity (Wildman–Crippen MR) is 127 cm³/mol. The normalized spacial score (nSPS) is 21.3. The molecule has 5 rings (SSSR count). The summed E-state index contributed by atoms with van der Waals surface area (Å²) in [6.45, 7) is 3.69. The van der Waals surface area contributed by atoms with E-state index in [9.17, 15) is 13.2 Å². The van der Waals surface area contributed by atoms with Gasteiger partial charge in [-0.2, -0.15) is 4.31 Å². The maximum absolute atomic E-state index is 13.2. The van der Waals surface area contributed by atoms with Gasteiger partial charge in [-0.05, 0) is 67.5 Å². The molecular formula is C25H33N3O5S. The van der Waals surface area contributed by atoms with Gasteiger partial charge in [0, 0.05) is 39.3 Å². The van der Waals surface area contributed by atoms with Crippen LogP contribution in [-0.4, -0.2) is 80.4 Å². The van der Waals surface area contributed by atoms with Crippen LogP contribution in [0.2, 0.25) is 0 Å². The maximum Gasteiger partial charge on any atom is 0.243 e. The van der Waals surface area contributed by atoms with Crippen molar-refractivity contribution < 1.29 is 22.4 Å². The standard InChI is InChI=1S/C25H33N3O5S/c29-25(19-26(17-22-6-2-14-32-22)18-23-7-3-15-33-23)27-10-12-28(13-11-27)34(30,31)24-9-8-20-4-1-5-21(20)16-24/h2,6,8-9,14,16,23H,1,3-5,7,10-13,15,17-19H2. The van der Waals surface area contributed by atoms with Gasteiger partial charge in [0.15, 0.2) is 0 Å². The molecule has 0 bridgehead atoms. The van der Waals surface area contributed by atoms with Gasteiger partial charge < -0.3 is 14.1 Å². The lowest BCUT2D eigenvalue weighted by Crippen LogP contribution is -2.52. The van der Waals surface area contributed by atoms with Crippen LogP contribution in [-0.2, 0) is 38.9 Å². The summed E-state index contributed by atoms with van der Waals surface area (Å²) >= 11 is 0. The summed E-state index contributed by atoms with van der Waals surface area (Å²) in [5.74, 6) is 0.829. The predicted octanol–water partition coefficient (Wildman–Crippen LogP) is 2.28. The van der Waals surface area contributed by atoms with Gasteiger partial charge in [0.05, 0.1) is 30.4 Å². The molecule has 0 radical (unpaired) electrons. The number of hydrogen-bond donors (Lipinski definition) is 0. The Bertz CT molecular complexity index is 1090. The topological polar surface area (TPSA) is 83.3 Å². The van der Waals surface area contributed by atoms with E-state index in [2.05, 4.69) is 4.90 Å². The highest BCUT2D eigenvalue weighted by Crippen LogP contribution is 2.27. The number of amides is 1. The number of ether oxygens (including phenoxy) is 1. The van der Waals surface area contributed by atoms with Crippen LogP contribution in [0.1, 0.15) is 36.1 Å². The van der Waals surface area contributed by atoms with E-state index in [0.717, 1.165) is 50.0 Å². The average molecular weight is 488 g/mol. The van der Waals surface area contributed by atoms with E-state index in [0.29, 0.717) is 44.2 Å². The fraction of sp³-hybridized carbons (Fsp3) is 0.560. The second kappa shape index (κ2) is 10.2. The van der Waals surface area contributed by atoms with Crippen LogP contribution in [0.4, 0.5) is 0 Å². The third-order valence-electron chi connectivity index (χ3n) is 7.10. The van der Waals surface area contributed by atoms with Crippen molar-refractivity contribution in [2.24, 2.45) is 0 Å². The van der Waals surface area contributed by atoms with Crippen LogP contribution in [0.3, 0.4) is 0 Å². The van der Waals surface area contributed by atoms with Crippen molar-refractivity contribution in [1.82, 2.24) is 14.1 Å². The lowest BCUT2D eigenvalue weighted by molar-refractivity contribution is -0.134. The molecule has 8 nitrogen and oxygen atoms in total. The Balaban J connectivity index is 1.18. The minimum Gasteiger partial charge on any atom is -0.468 e. The fourth-order valence-corrected chi connectivity index (χ4v) is 6.68. The molecule has 2 aliphatic heterocycles. The summed E-state index contributed by atoms with van der Waals surface area (Å²) in [5, 5.41) is 0. The molecule has 3 aliphatic rings. The van der Waals surface area contributed by atoms with Gasteiger partial charge in [-0.1, -0.05) is 6.07 Å². The molecule has 0 saturated carbocycles. The molecule has 2 saturated heterocycles. The molecular weight excluding hydrogens is 454 g/mol. The zero-order valence-electron chi connectivity index (χ0n) is 19.5. The second-order valence-electron chi connectivity index (χ2n) is 9.45. The highest BCUT2D eigenvalue weighted by Gasteiger charge is 2.32. The third-order valence-corrected chi connectivity index (χ3v) is 9.00. The lowest BCUT2D eigenvalue weighted by Gasteiger charge is -2.35. The SMILES string of the molecule is O=C(CN(Cc1ccco1)CC1CCCO1)N1CCN(S(=O)(=O)c2ccc3c(c2)CCC3)CC1. The van der Waals surface area contributed by atoms with Crippen LogP contribution < -0.4 is 0 Å². The van der Waals surface area contributed by atoms with Crippen molar-refractivity contribution in [1.29, 1.82) is 0 Å². The fourth-order valence-electron chi connectivity index (χ4n) is 5.21. The molecule has 2 fully saturated rings. The number of carbonyl (C=O) groups is 1. The summed E-state index contributed by atoms with van der Waals surface area (Å²) in [4.78, 5) is 17.3.